The highest BCUT2D eigenvalue weighted by atomic mass is 16.7. The van der Waals surface area contributed by atoms with Crippen LogP contribution < -0.4 is 0 Å². The van der Waals surface area contributed by atoms with E-state index in [0.29, 0.717) is 13.2 Å². The minimum atomic E-state index is -0.134. The van der Waals surface area contributed by atoms with Crippen molar-refractivity contribution in [2.75, 3.05) is 20.3 Å². The summed E-state index contributed by atoms with van der Waals surface area (Å²) in [6.07, 6.45) is -0.134. The lowest BCUT2D eigenvalue weighted by molar-refractivity contribution is -0.0885. The zero-order valence-electron chi connectivity index (χ0n) is 5.79. The molecular formula is C5H11BO3. The summed E-state index contributed by atoms with van der Waals surface area (Å²) in [6.45, 7) is 1.22. The fourth-order valence-electron chi connectivity index (χ4n) is 0.804. The van der Waals surface area contributed by atoms with Gasteiger partial charge in [0, 0.05) is 7.11 Å². The number of rotatable bonds is 2. The molecule has 1 fully saturated rings. The molecule has 1 unspecified atom stereocenters. The zero-order chi connectivity index (χ0) is 6.69. The van der Waals surface area contributed by atoms with Crippen molar-refractivity contribution in [2.24, 2.45) is 0 Å². The summed E-state index contributed by atoms with van der Waals surface area (Å²) in [7, 11) is 3.62. The number of hydrogen-bond donors (Lipinski definition) is 0. The predicted octanol–water partition coefficient (Wildman–Crippen LogP) is -1.04. The van der Waals surface area contributed by atoms with Gasteiger partial charge in [0.15, 0.2) is 6.29 Å². The fourth-order valence-corrected chi connectivity index (χ4v) is 0.804. The van der Waals surface area contributed by atoms with Gasteiger partial charge in [-0.3, -0.25) is 0 Å². The van der Waals surface area contributed by atoms with E-state index in [1.807, 2.05) is 7.85 Å². The average Bonchev–Trinajstić information content (AvgIpc) is 2.17. The molecule has 1 aliphatic rings. The van der Waals surface area contributed by atoms with Crippen LogP contribution >= 0.6 is 0 Å². The zero-order valence-corrected chi connectivity index (χ0v) is 5.79. The van der Waals surface area contributed by atoms with Crippen molar-refractivity contribution in [3.8, 4) is 0 Å². The van der Waals surface area contributed by atoms with Crippen LogP contribution in [0, 0.1) is 0 Å². The number of hydrogen-bond acceptors (Lipinski definition) is 3. The van der Waals surface area contributed by atoms with Crippen molar-refractivity contribution in [3.63, 3.8) is 0 Å². The molecule has 0 radical (unpaired) electrons. The summed E-state index contributed by atoms with van der Waals surface area (Å²) in [6, 6.07) is 0.227. The lowest BCUT2D eigenvalue weighted by Crippen LogP contribution is -2.16. The molecule has 9 heavy (non-hydrogen) atoms. The van der Waals surface area contributed by atoms with Gasteiger partial charge in [-0.2, -0.15) is 0 Å². The van der Waals surface area contributed by atoms with Gasteiger partial charge in [-0.25, -0.2) is 0 Å². The van der Waals surface area contributed by atoms with Gasteiger partial charge < -0.3 is 14.2 Å². The predicted molar refractivity (Wildman–Crippen MR) is 35.0 cm³/mol. The first kappa shape index (κ1) is 7.06. The number of methoxy groups -OCH3 is 1. The molecule has 1 aliphatic heterocycles. The van der Waals surface area contributed by atoms with Crippen molar-refractivity contribution in [3.05, 3.63) is 0 Å². The molecule has 1 saturated heterocycles. The maximum absolute atomic E-state index is 5.25. The van der Waals surface area contributed by atoms with Crippen molar-refractivity contribution in [1.29, 1.82) is 0 Å². The molecule has 1 heterocycles. The minimum absolute atomic E-state index is 0.134. The third-order valence-corrected chi connectivity index (χ3v) is 1.20. The van der Waals surface area contributed by atoms with E-state index in [9.17, 15) is 0 Å². The Kier molecular flexibility index (Phi) is 2.51. The Morgan fingerprint density at radius 1 is 1.78 bits per heavy atom. The van der Waals surface area contributed by atoms with E-state index < -0.39 is 0 Å². The van der Waals surface area contributed by atoms with E-state index in [-0.39, 0.29) is 12.3 Å². The lowest BCUT2D eigenvalue weighted by Gasteiger charge is -2.06. The highest BCUT2D eigenvalue weighted by molar-refractivity contribution is 6.11. The van der Waals surface area contributed by atoms with Gasteiger partial charge in [0.25, 0.3) is 0 Å². The topological polar surface area (TPSA) is 27.7 Å². The largest absolute Gasteiger partial charge is 0.379 e. The van der Waals surface area contributed by atoms with E-state index >= 15 is 0 Å². The van der Waals surface area contributed by atoms with Crippen LogP contribution in [0.3, 0.4) is 0 Å². The maximum atomic E-state index is 5.25. The van der Waals surface area contributed by atoms with Gasteiger partial charge in [-0.05, 0) is 0 Å². The molecule has 0 aliphatic carbocycles. The van der Waals surface area contributed by atoms with Crippen molar-refractivity contribution >= 4 is 7.85 Å². The van der Waals surface area contributed by atoms with Crippen molar-refractivity contribution in [1.82, 2.24) is 0 Å². The first-order chi connectivity index (χ1) is 4.33. The van der Waals surface area contributed by atoms with Gasteiger partial charge >= 0.3 is 0 Å². The van der Waals surface area contributed by atoms with Gasteiger partial charge in [0.1, 0.15) is 7.85 Å². The van der Waals surface area contributed by atoms with E-state index in [0.717, 1.165) is 0 Å². The second-order valence-electron chi connectivity index (χ2n) is 2.16. The van der Waals surface area contributed by atoms with E-state index in [1.54, 1.807) is 7.11 Å². The van der Waals surface area contributed by atoms with E-state index in [1.165, 1.54) is 0 Å². The first-order valence-electron chi connectivity index (χ1n) is 3.09. The third-order valence-electron chi connectivity index (χ3n) is 1.20. The molecule has 0 N–H and O–H groups in total. The van der Waals surface area contributed by atoms with Crippen LogP contribution in [0.4, 0.5) is 0 Å². The van der Waals surface area contributed by atoms with Crippen LogP contribution in [0.2, 0.25) is 0 Å². The maximum Gasteiger partial charge on any atom is 0.180 e. The molecule has 4 heteroatoms. The minimum Gasteiger partial charge on any atom is -0.379 e. The van der Waals surface area contributed by atoms with Gasteiger partial charge in [-0.1, -0.05) is 0 Å². The van der Waals surface area contributed by atoms with Crippen molar-refractivity contribution in [2.45, 2.75) is 12.3 Å². The second-order valence-corrected chi connectivity index (χ2v) is 2.16. The smallest absolute Gasteiger partial charge is 0.180 e. The molecule has 0 aromatic rings. The Hall–Kier alpha value is -0.0551. The Morgan fingerprint density at radius 2 is 2.56 bits per heavy atom. The van der Waals surface area contributed by atoms with Crippen LogP contribution in [-0.4, -0.2) is 40.5 Å². The summed E-state index contributed by atoms with van der Waals surface area (Å²) in [5.41, 5.74) is 0. The van der Waals surface area contributed by atoms with Crippen LogP contribution in [0.15, 0.2) is 0 Å². The van der Waals surface area contributed by atoms with Crippen LogP contribution in [0.1, 0.15) is 0 Å². The summed E-state index contributed by atoms with van der Waals surface area (Å²) >= 11 is 0. The van der Waals surface area contributed by atoms with E-state index in [4.69, 9.17) is 14.2 Å². The molecule has 0 amide bonds. The van der Waals surface area contributed by atoms with Gasteiger partial charge in [-0.15, -0.1) is 0 Å². The summed E-state index contributed by atoms with van der Waals surface area (Å²) in [4.78, 5) is 0. The molecule has 1 rings (SSSR count). The normalized spacial score (nSPS) is 35.2. The first-order valence-corrected chi connectivity index (χ1v) is 3.09. The Balaban J connectivity index is 2.14. The molecule has 0 aromatic heterocycles. The van der Waals surface area contributed by atoms with E-state index in [2.05, 4.69) is 0 Å². The van der Waals surface area contributed by atoms with Crippen molar-refractivity contribution < 1.29 is 14.2 Å². The highest BCUT2D eigenvalue weighted by Crippen LogP contribution is 2.07. The van der Waals surface area contributed by atoms with Crippen LogP contribution in [-0.2, 0) is 14.2 Å². The quantitative estimate of drug-likeness (QED) is 0.447. The van der Waals surface area contributed by atoms with Gasteiger partial charge in [0.05, 0.1) is 19.2 Å². The molecule has 0 bridgehead atoms. The van der Waals surface area contributed by atoms with Crippen LogP contribution in [0.5, 0.6) is 0 Å². The fraction of sp³-hybridized carbons (Fsp3) is 1.00. The third kappa shape index (κ3) is 1.97. The summed E-state index contributed by atoms with van der Waals surface area (Å²) in [5, 5.41) is 0. The summed E-state index contributed by atoms with van der Waals surface area (Å²) in [5.74, 6) is 0. The Morgan fingerprint density at radius 3 is 3.00 bits per heavy atom. The lowest BCUT2D eigenvalue weighted by atomic mass is 10.0. The standard InChI is InChI=1S/C5H11BO3/c1-7-3-5-8-2-4(6)9-5/h4-5H,2-3,6H2,1H3/t4?,5-/m1/s1. The highest BCUT2D eigenvalue weighted by Gasteiger charge is 2.21. The molecule has 0 spiro atoms. The average molecular weight is 130 g/mol. The molecule has 3 nitrogen and oxygen atoms in total. The van der Waals surface area contributed by atoms with Gasteiger partial charge in [0.2, 0.25) is 0 Å². The number of ether oxygens (including phenoxy) is 3. The summed E-state index contributed by atoms with van der Waals surface area (Å²) < 4.78 is 15.2. The molecule has 52 valence electrons. The van der Waals surface area contributed by atoms with Crippen LogP contribution in [0.25, 0.3) is 0 Å². The molecule has 2 atom stereocenters. The SMILES string of the molecule is BC1CO[C@@H](COC)O1. The molecular weight excluding hydrogens is 119 g/mol. The monoisotopic (exact) mass is 130 g/mol. The molecule has 0 saturated carbocycles. The Labute approximate surface area is 55.7 Å². The Bertz CT molecular complexity index is 86.3. The second kappa shape index (κ2) is 3.20. The molecule has 0 aromatic carbocycles.